The molecule has 196 valence electrons. The molecule has 0 aliphatic carbocycles. The van der Waals surface area contributed by atoms with Crippen molar-refractivity contribution in [2.45, 2.75) is 25.0 Å². The number of pyridine rings is 2. The van der Waals surface area contributed by atoms with Gasteiger partial charge in [0.25, 0.3) is 0 Å². The number of rotatable bonds is 7. The molecular weight excluding hydrogens is 492 g/mol. The molecule has 2 bridgehead atoms. The number of fused-ring (bicyclic) bond motifs is 2. The zero-order valence-corrected chi connectivity index (χ0v) is 21.8. The van der Waals surface area contributed by atoms with Crippen molar-refractivity contribution in [1.29, 1.82) is 5.26 Å². The number of nitrogens with two attached hydrogens (primary N) is 1. The van der Waals surface area contributed by atoms with E-state index in [0.29, 0.717) is 34.9 Å². The first-order valence-corrected chi connectivity index (χ1v) is 12.7. The molecule has 4 aromatic heterocycles. The Bertz CT molecular complexity index is 1540. The summed E-state index contributed by atoms with van der Waals surface area (Å²) in [6, 6.07) is 8.99. The van der Waals surface area contributed by atoms with Crippen molar-refractivity contribution in [3.05, 3.63) is 72.8 Å². The Morgan fingerprint density at radius 2 is 1.92 bits per heavy atom. The molecule has 2 N–H and O–H groups in total. The number of allylic oxidation sites excluding steroid dienone is 1. The summed E-state index contributed by atoms with van der Waals surface area (Å²) in [7, 11) is 3.49. The summed E-state index contributed by atoms with van der Waals surface area (Å²) in [6.45, 7) is 2.67. The van der Waals surface area contributed by atoms with Crippen LogP contribution in [0.3, 0.4) is 0 Å². The summed E-state index contributed by atoms with van der Waals surface area (Å²) in [5.74, 6) is 1.47. The predicted molar refractivity (Wildman–Crippen MR) is 146 cm³/mol. The molecule has 7 heterocycles. The minimum Gasteiger partial charge on any atom is -0.481 e. The first-order chi connectivity index (χ1) is 19.1. The molecule has 2 unspecified atom stereocenters. The Balaban J connectivity index is 1.21. The largest absolute Gasteiger partial charge is 0.481 e. The number of aryl methyl sites for hydroxylation is 1. The second-order valence-corrected chi connectivity index (χ2v) is 9.80. The number of hydrogen-bond donors (Lipinski definition) is 1. The summed E-state index contributed by atoms with van der Waals surface area (Å²) >= 11 is 0. The molecule has 3 fully saturated rings. The third-order valence-corrected chi connectivity index (χ3v) is 7.42. The lowest BCUT2D eigenvalue weighted by atomic mass is 9.87. The molecule has 3 saturated heterocycles. The predicted octanol–water partition coefficient (Wildman–Crippen LogP) is 2.63. The molecule has 3 aliphatic heterocycles. The van der Waals surface area contributed by atoms with Gasteiger partial charge in [-0.3, -0.25) is 19.5 Å². The van der Waals surface area contributed by atoms with Gasteiger partial charge in [0.1, 0.15) is 11.9 Å². The molecule has 11 nitrogen and oxygen atoms in total. The van der Waals surface area contributed by atoms with Crippen molar-refractivity contribution < 1.29 is 4.74 Å². The molecule has 3 aliphatic rings. The fourth-order valence-corrected chi connectivity index (χ4v) is 5.36. The van der Waals surface area contributed by atoms with Crippen LogP contribution in [-0.4, -0.2) is 66.9 Å². The maximum absolute atomic E-state index is 9.61. The van der Waals surface area contributed by atoms with Gasteiger partial charge < -0.3 is 15.4 Å². The van der Waals surface area contributed by atoms with Crippen LogP contribution in [0.4, 0.5) is 5.82 Å². The average Bonchev–Trinajstić information content (AvgIpc) is 3.43. The maximum Gasteiger partial charge on any atom is 0.212 e. The molecule has 0 saturated carbocycles. The van der Waals surface area contributed by atoms with E-state index in [0.717, 1.165) is 36.6 Å². The number of piperidine rings is 1. The van der Waals surface area contributed by atoms with Gasteiger partial charge in [-0.2, -0.15) is 10.4 Å². The van der Waals surface area contributed by atoms with E-state index in [1.807, 2.05) is 31.6 Å². The van der Waals surface area contributed by atoms with E-state index in [9.17, 15) is 5.26 Å². The van der Waals surface area contributed by atoms with Gasteiger partial charge in [-0.05, 0) is 18.1 Å². The fraction of sp³-hybridized carbons (Fsp3) is 0.286. The molecule has 39 heavy (non-hydrogen) atoms. The topological polar surface area (TPSA) is 135 Å². The van der Waals surface area contributed by atoms with Crippen molar-refractivity contribution in [2.75, 3.05) is 25.1 Å². The van der Waals surface area contributed by atoms with Gasteiger partial charge in [-0.1, -0.05) is 6.07 Å². The number of hydrogen-bond acceptors (Lipinski definition) is 10. The van der Waals surface area contributed by atoms with Crippen LogP contribution in [0.1, 0.15) is 17.7 Å². The lowest BCUT2D eigenvalue weighted by Gasteiger charge is -2.56. The monoisotopic (exact) mass is 520 g/mol. The van der Waals surface area contributed by atoms with Crippen molar-refractivity contribution in [3.63, 3.8) is 0 Å². The van der Waals surface area contributed by atoms with Gasteiger partial charge in [0.2, 0.25) is 5.88 Å². The highest BCUT2D eigenvalue weighted by molar-refractivity contribution is 5.85. The van der Waals surface area contributed by atoms with E-state index in [4.69, 9.17) is 20.4 Å². The normalized spacial score (nSPS) is 18.9. The van der Waals surface area contributed by atoms with Crippen molar-refractivity contribution in [3.8, 4) is 34.3 Å². The average molecular weight is 521 g/mol. The fourth-order valence-electron chi connectivity index (χ4n) is 5.36. The highest BCUT2D eigenvalue weighted by atomic mass is 16.5. The van der Waals surface area contributed by atoms with Crippen LogP contribution in [0.25, 0.3) is 28.0 Å². The van der Waals surface area contributed by atoms with E-state index in [2.05, 4.69) is 37.0 Å². The van der Waals surface area contributed by atoms with E-state index in [1.54, 1.807) is 36.6 Å². The SMILES string of the molecule is COc1ccc(CN2C3CC2CN(c2cnc(-c4cc(-c5cnn(C)c5)cnc4C(C#N)=CN)cn2)C3)cn1. The molecule has 0 radical (unpaired) electrons. The number of nitriles is 1. The summed E-state index contributed by atoms with van der Waals surface area (Å²) in [4.78, 5) is 23.2. The molecule has 2 atom stereocenters. The highest BCUT2D eigenvalue weighted by Crippen LogP contribution is 2.36. The standard InChI is InChI=1S/C28H28N10O/c1-36-15-21(11-35-36)19-5-24(28(34-10-19)20(7-29)8-30)25-12-32-26(13-31-25)37-16-22-6-23(17-37)38(22)14-18-3-4-27(39-2)33-9-18/h3-5,7,9-13,15,22-23H,6,14,16-17,29H2,1-2H3. The molecule has 7 rings (SSSR count). The lowest BCUT2D eigenvalue weighted by molar-refractivity contribution is -0.00879. The van der Waals surface area contributed by atoms with Gasteiger partial charge in [-0.15, -0.1) is 0 Å². The van der Waals surface area contributed by atoms with Crippen molar-refractivity contribution >= 4 is 11.4 Å². The van der Waals surface area contributed by atoms with Gasteiger partial charge in [0, 0.05) is 86.3 Å². The van der Waals surface area contributed by atoms with Crippen LogP contribution in [0, 0.1) is 11.3 Å². The lowest BCUT2D eigenvalue weighted by Crippen LogP contribution is -2.68. The third-order valence-electron chi connectivity index (χ3n) is 7.42. The Hall–Kier alpha value is -4.82. The maximum atomic E-state index is 9.61. The zero-order valence-electron chi connectivity index (χ0n) is 21.8. The molecule has 4 aromatic rings. The summed E-state index contributed by atoms with van der Waals surface area (Å²) in [5.41, 5.74) is 10.8. The van der Waals surface area contributed by atoms with Crippen LogP contribution in [0.2, 0.25) is 0 Å². The van der Waals surface area contributed by atoms with E-state index in [1.165, 1.54) is 18.2 Å². The molecule has 0 aromatic carbocycles. The highest BCUT2D eigenvalue weighted by Gasteiger charge is 2.44. The Morgan fingerprint density at radius 3 is 2.54 bits per heavy atom. The second-order valence-electron chi connectivity index (χ2n) is 9.80. The zero-order chi connectivity index (χ0) is 26.9. The number of piperazine rings is 1. The van der Waals surface area contributed by atoms with Crippen molar-refractivity contribution in [1.82, 2.24) is 34.6 Å². The molecular formula is C28H28N10O. The van der Waals surface area contributed by atoms with Crippen LogP contribution in [-0.2, 0) is 13.6 Å². The van der Waals surface area contributed by atoms with Gasteiger partial charge >= 0.3 is 0 Å². The summed E-state index contributed by atoms with van der Waals surface area (Å²) in [6.07, 6.45) is 13.3. The van der Waals surface area contributed by atoms with Crippen LogP contribution in [0.15, 0.2) is 61.6 Å². The number of methoxy groups -OCH3 is 1. The number of ether oxygens (including phenoxy) is 1. The van der Waals surface area contributed by atoms with Gasteiger partial charge in [0.15, 0.2) is 0 Å². The van der Waals surface area contributed by atoms with Crippen molar-refractivity contribution in [2.24, 2.45) is 12.8 Å². The number of aromatic nitrogens is 6. The van der Waals surface area contributed by atoms with E-state index >= 15 is 0 Å². The Kier molecular flexibility index (Phi) is 6.38. The number of nitrogens with zero attached hydrogens (tertiary/aromatic N) is 9. The van der Waals surface area contributed by atoms with Gasteiger partial charge in [-0.25, -0.2) is 9.97 Å². The first-order valence-electron chi connectivity index (χ1n) is 12.7. The number of anilines is 1. The van der Waals surface area contributed by atoms with Crippen LogP contribution < -0.4 is 15.4 Å². The second kappa shape index (κ2) is 10.2. The third kappa shape index (κ3) is 4.66. The first kappa shape index (κ1) is 24.5. The van der Waals surface area contributed by atoms with Crippen LogP contribution in [0.5, 0.6) is 5.88 Å². The molecule has 0 amide bonds. The Labute approximate surface area is 226 Å². The van der Waals surface area contributed by atoms with E-state index < -0.39 is 0 Å². The summed E-state index contributed by atoms with van der Waals surface area (Å²) in [5, 5.41) is 13.9. The Morgan fingerprint density at radius 1 is 1.08 bits per heavy atom. The summed E-state index contributed by atoms with van der Waals surface area (Å²) < 4.78 is 6.90. The molecule has 0 spiro atoms. The van der Waals surface area contributed by atoms with Gasteiger partial charge in [0.05, 0.1) is 42.7 Å². The quantitative estimate of drug-likeness (QED) is 0.362. The smallest absolute Gasteiger partial charge is 0.212 e. The molecule has 11 heteroatoms. The minimum atomic E-state index is 0.275. The van der Waals surface area contributed by atoms with Crippen LogP contribution >= 0.6 is 0 Å². The van der Waals surface area contributed by atoms with E-state index in [-0.39, 0.29) is 5.57 Å². The minimum absolute atomic E-state index is 0.275.